The van der Waals surface area contributed by atoms with Crippen molar-refractivity contribution in [2.75, 3.05) is 18.6 Å². The summed E-state index contributed by atoms with van der Waals surface area (Å²) in [5.41, 5.74) is 7.18. The Morgan fingerprint density at radius 3 is 2.03 bits per heavy atom. The van der Waals surface area contributed by atoms with E-state index in [9.17, 15) is 9.90 Å². The number of carboxylic acid groups (broad SMARTS) is 1. The number of hydrogen-bond acceptors (Lipinski definition) is 5. The van der Waals surface area contributed by atoms with Crippen LogP contribution in [0.2, 0.25) is 0 Å². The van der Waals surface area contributed by atoms with Crippen LogP contribution in [0.15, 0.2) is 48.5 Å². The first-order chi connectivity index (χ1) is 17.4. The molecule has 2 unspecified atom stereocenters. The quantitative estimate of drug-likeness (QED) is 0.334. The highest BCUT2D eigenvalue weighted by Crippen LogP contribution is 2.42. The second kappa shape index (κ2) is 11.7. The molecule has 0 amide bonds. The molecule has 3 aromatic rings. The number of carbonyl (C=O) groups is 1. The summed E-state index contributed by atoms with van der Waals surface area (Å²) in [6.07, 6.45) is 5.35. The average molecular weight is 488 g/mol. The maximum atomic E-state index is 10.8. The summed E-state index contributed by atoms with van der Waals surface area (Å²) in [4.78, 5) is 23.6. The Bertz CT molecular complexity index is 1180. The lowest BCUT2D eigenvalue weighted by molar-refractivity contribution is -0.137. The molecule has 190 valence electrons. The van der Waals surface area contributed by atoms with Crippen molar-refractivity contribution in [3.63, 3.8) is 0 Å². The number of nitrogens with zero attached hydrogens (tertiary/aromatic N) is 3. The number of aryl methyl sites for hydroxylation is 2. The van der Waals surface area contributed by atoms with E-state index in [-0.39, 0.29) is 25.0 Å². The van der Waals surface area contributed by atoms with Crippen LogP contribution in [0.25, 0.3) is 22.5 Å². The largest absolute Gasteiger partial charge is 0.481 e. The molecule has 0 aliphatic carbocycles. The molecule has 1 aliphatic rings. The SMILES string of the molecule is Cc1ccc(-c2nc3c(nc2-c2ccc(C)cc2)N(C)C(CCCCCC(=O)O)CC3CCO)cc1. The van der Waals surface area contributed by atoms with Gasteiger partial charge in [-0.15, -0.1) is 0 Å². The molecular formula is C30H37N3O3. The van der Waals surface area contributed by atoms with E-state index in [4.69, 9.17) is 15.1 Å². The van der Waals surface area contributed by atoms with Gasteiger partial charge < -0.3 is 15.1 Å². The molecular weight excluding hydrogens is 450 g/mol. The Hall–Kier alpha value is -3.25. The van der Waals surface area contributed by atoms with E-state index < -0.39 is 5.97 Å². The average Bonchev–Trinajstić information content (AvgIpc) is 2.86. The van der Waals surface area contributed by atoms with Gasteiger partial charge in [-0.2, -0.15) is 0 Å². The summed E-state index contributed by atoms with van der Waals surface area (Å²) in [6.45, 7) is 4.27. The van der Waals surface area contributed by atoms with Crippen molar-refractivity contribution in [1.82, 2.24) is 9.97 Å². The van der Waals surface area contributed by atoms with Crippen molar-refractivity contribution in [3.05, 3.63) is 65.4 Å². The highest BCUT2D eigenvalue weighted by Gasteiger charge is 2.34. The zero-order valence-corrected chi connectivity index (χ0v) is 21.6. The number of aromatic nitrogens is 2. The van der Waals surface area contributed by atoms with Crippen LogP contribution >= 0.6 is 0 Å². The van der Waals surface area contributed by atoms with E-state index in [0.29, 0.717) is 12.8 Å². The number of aliphatic hydroxyl groups is 1. The number of rotatable bonds is 10. The molecule has 2 N–H and O–H groups in total. The molecule has 2 heterocycles. The number of aliphatic hydroxyl groups excluding tert-OH is 1. The third-order valence-electron chi connectivity index (χ3n) is 7.28. The fourth-order valence-corrected chi connectivity index (χ4v) is 5.12. The van der Waals surface area contributed by atoms with Crippen molar-refractivity contribution in [2.45, 2.75) is 70.8 Å². The van der Waals surface area contributed by atoms with Crippen LogP contribution in [0.3, 0.4) is 0 Å². The first-order valence-corrected chi connectivity index (χ1v) is 13.0. The van der Waals surface area contributed by atoms with Crippen LogP contribution in [0.5, 0.6) is 0 Å². The Kier molecular flexibility index (Phi) is 8.36. The highest BCUT2D eigenvalue weighted by molar-refractivity contribution is 5.80. The van der Waals surface area contributed by atoms with E-state index in [2.05, 4.69) is 74.3 Å². The number of unbranched alkanes of at least 4 members (excludes halogenated alkanes) is 2. The predicted molar refractivity (Wildman–Crippen MR) is 144 cm³/mol. The summed E-state index contributed by atoms with van der Waals surface area (Å²) >= 11 is 0. The van der Waals surface area contributed by atoms with Crippen molar-refractivity contribution >= 4 is 11.8 Å². The molecule has 6 heteroatoms. The molecule has 0 radical (unpaired) electrons. The van der Waals surface area contributed by atoms with Gasteiger partial charge in [-0.25, -0.2) is 9.97 Å². The van der Waals surface area contributed by atoms with E-state index in [1.807, 2.05) is 0 Å². The van der Waals surface area contributed by atoms with Crippen LogP contribution in [0.4, 0.5) is 5.82 Å². The molecule has 0 saturated heterocycles. The predicted octanol–water partition coefficient (Wildman–Crippen LogP) is 6.14. The van der Waals surface area contributed by atoms with Gasteiger partial charge in [0.25, 0.3) is 0 Å². The van der Waals surface area contributed by atoms with Gasteiger partial charge in [0.1, 0.15) is 0 Å². The van der Waals surface area contributed by atoms with E-state index >= 15 is 0 Å². The number of aliphatic carboxylic acids is 1. The fourth-order valence-electron chi connectivity index (χ4n) is 5.12. The van der Waals surface area contributed by atoms with Gasteiger partial charge in [-0.05, 0) is 39.5 Å². The van der Waals surface area contributed by atoms with Crippen LogP contribution in [-0.2, 0) is 4.79 Å². The first kappa shape index (κ1) is 25.8. The van der Waals surface area contributed by atoms with Gasteiger partial charge in [0.2, 0.25) is 0 Å². The van der Waals surface area contributed by atoms with Crippen LogP contribution < -0.4 is 4.90 Å². The molecule has 0 fully saturated rings. The van der Waals surface area contributed by atoms with Gasteiger partial charge >= 0.3 is 5.97 Å². The second-order valence-electron chi connectivity index (χ2n) is 10.1. The Morgan fingerprint density at radius 2 is 1.47 bits per heavy atom. The zero-order valence-electron chi connectivity index (χ0n) is 21.6. The van der Waals surface area contributed by atoms with Gasteiger partial charge in [-0.3, -0.25) is 4.79 Å². The first-order valence-electron chi connectivity index (χ1n) is 13.0. The minimum atomic E-state index is -0.731. The number of benzene rings is 2. The molecule has 6 nitrogen and oxygen atoms in total. The summed E-state index contributed by atoms with van der Waals surface area (Å²) < 4.78 is 0. The molecule has 2 aromatic carbocycles. The Balaban J connectivity index is 1.73. The van der Waals surface area contributed by atoms with Gasteiger partial charge in [0, 0.05) is 43.2 Å². The van der Waals surface area contributed by atoms with Crippen LogP contribution in [0, 0.1) is 13.8 Å². The standard InChI is InChI=1S/C30H37N3O3/c1-20-9-13-22(14-10-20)27-28(23-15-11-21(2)12-16-23)32-30-29(31-27)24(17-18-34)19-25(33(30)3)7-5-4-6-8-26(35)36/h9-16,24-25,34H,4-8,17-19H2,1-3H3,(H,35,36). The topological polar surface area (TPSA) is 86.6 Å². The number of carboxylic acids is 1. The summed E-state index contributed by atoms with van der Waals surface area (Å²) in [5.74, 6) is 0.292. The fraction of sp³-hybridized carbons (Fsp3) is 0.433. The molecule has 1 aliphatic heterocycles. The Morgan fingerprint density at radius 1 is 0.889 bits per heavy atom. The Labute approximate surface area is 214 Å². The van der Waals surface area contributed by atoms with Crippen molar-refractivity contribution in [3.8, 4) is 22.5 Å². The van der Waals surface area contributed by atoms with Crippen LogP contribution in [-0.4, -0.2) is 45.8 Å². The third-order valence-corrected chi connectivity index (χ3v) is 7.28. The summed E-state index contributed by atoms with van der Waals surface area (Å²) in [5, 5.41) is 18.8. The smallest absolute Gasteiger partial charge is 0.303 e. The molecule has 4 rings (SSSR count). The molecule has 36 heavy (non-hydrogen) atoms. The van der Waals surface area contributed by atoms with E-state index in [1.165, 1.54) is 11.1 Å². The minimum Gasteiger partial charge on any atom is -0.481 e. The lowest BCUT2D eigenvalue weighted by Crippen LogP contribution is -2.39. The van der Waals surface area contributed by atoms with E-state index in [0.717, 1.165) is 59.7 Å². The molecule has 0 saturated carbocycles. The highest BCUT2D eigenvalue weighted by atomic mass is 16.4. The lowest BCUT2D eigenvalue weighted by Gasteiger charge is -2.39. The molecule has 0 bridgehead atoms. The maximum absolute atomic E-state index is 10.8. The van der Waals surface area contributed by atoms with Crippen LogP contribution in [0.1, 0.15) is 67.7 Å². The molecule has 2 atom stereocenters. The normalized spacial score (nSPS) is 17.2. The monoisotopic (exact) mass is 487 g/mol. The lowest BCUT2D eigenvalue weighted by atomic mass is 9.86. The number of hydrogen-bond donors (Lipinski definition) is 2. The zero-order chi connectivity index (χ0) is 25.7. The van der Waals surface area contributed by atoms with Gasteiger partial charge in [0.15, 0.2) is 5.82 Å². The molecule has 1 aromatic heterocycles. The molecule has 0 spiro atoms. The summed E-state index contributed by atoms with van der Waals surface area (Å²) in [7, 11) is 2.09. The second-order valence-corrected chi connectivity index (χ2v) is 10.1. The van der Waals surface area contributed by atoms with Crippen molar-refractivity contribution < 1.29 is 15.0 Å². The maximum Gasteiger partial charge on any atom is 0.303 e. The van der Waals surface area contributed by atoms with Gasteiger partial charge in [-0.1, -0.05) is 72.5 Å². The van der Waals surface area contributed by atoms with Gasteiger partial charge in [0.05, 0.1) is 17.1 Å². The number of fused-ring (bicyclic) bond motifs is 1. The van der Waals surface area contributed by atoms with E-state index in [1.54, 1.807) is 0 Å². The van der Waals surface area contributed by atoms with Crippen molar-refractivity contribution in [1.29, 1.82) is 0 Å². The van der Waals surface area contributed by atoms with Crippen molar-refractivity contribution in [2.24, 2.45) is 0 Å². The third kappa shape index (κ3) is 5.93. The summed E-state index contributed by atoms with van der Waals surface area (Å²) in [6, 6.07) is 17.1. The minimum absolute atomic E-state index is 0.112. The number of anilines is 1.